The molecule has 1 saturated carbocycles. The van der Waals surface area contributed by atoms with E-state index in [1.165, 1.54) is 56.1 Å². The minimum atomic E-state index is -0.260. The van der Waals surface area contributed by atoms with Crippen LogP contribution in [0.25, 0.3) is 0 Å². The van der Waals surface area contributed by atoms with E-state index < -0.39 is 0 Å². The molecule has 0 amide bonds. The molecule has 100 valence electrons. The van der Waals surface area contributed by atoms with E-state index in [0.717, 1.165) is 5.56 Å². The Morgan fingerprint density at radius 1 is 1.00 bits per heavy atom. The van der Waals surface area contributed by atoms with Crippen molar-refractivity contribution in [3.63, 3.8) is 0 Å². The summed E-state index contributed by atoms with van der Waals surface area (Å²) in [7, 11) is 0. The molecule has 0 bridgehead atoms. The van der Waals surface area contributed by atoms with Crippen molar-refractivity contribution in [3.8, 4) is 0 Å². The topological polar surface area (TPSA) is 20.2 Å². The lowest BCUT2D eigenvalue weighted by atomic mass is 9.83. The summed E-state index contributed by atoms with van der Waals surface area (Å²) in [6.07, 6.45) is 8.75. The third kappa shape index (κ3) is 3.35. The molecule has 1 aliphatic rings. The molecule has 1 heteroatoms. The third-order valence-electron chi connectivity index (χ3n) is 4.34. The van der Waals surface area contributed by atoms with Crippen molar-refractivity contribution in [3.05, 3.63) is 34.9 Å². The third-order valence-corrected chi connectivity index (χ3v) is 4.34. The number of rotatable bonds is 2. The Kier molecular flexibility index (Phi) is 4.82. The van der Waals surface area contributed by atoms with Gasteiger partial charge in [0.05, 0.1) is 6.10 Å². The number of hydrogen-bond acceptors (Lipinski definition) is 1. The highest BCUT2D eigenvalue weighted by atomic mass is 16.3. The highest BCUT2D eigenvalue weighted by Gasteiger charge is 2.22. The molecule has 1 fully saturated rings. The SMILES string of the molecule is Cc1ccc(C(O)C2CCCCCCC2)c(C)c1. The standard InChI is InChI=1S/C17H26O/c1-13-10-11-16(14(2)12-13)17(18)15-8-6-4-3-5-7-9-15/h10-12,15,17-18H,3-9H2,1-2H3. The van der Waals surface area contributed by atoms with Gasteiger partial charge in [-0.3, -0.25) is 0 Å². The molecule has 1 N–H and O–H groups in total. The molecule has 1 atom stereocenters. The van der Waals surface area contributed by atoms with E-state index in [9.17, 15) is 5.11 Å². The zero-order chi connectivity index (χ0) is 13.0. The van der Waals surface area contributed by atoms with Gasteiger partial charge in [0, 0.05) is 0 Å². The number of benzene rings is 1. The lowest BCUT2D eigenvalue weighted by Gasteiger charge is -2.26. The summed E-state index contributed by atoms with van der Waals surface area (Å²) in [6, 6.07) is 6.42. The average Bonchev–Trinajstić information content (AvgIpc) is 2.27. The lowest BCUT2D eigenvalue weighted by Crippen LogP contribution is -2.15. The normalized spacial score (nSPS) is 20.2. The zero-order valence-corrected chi connectivity index (χ0v) is 11.8. The second-order valence-electron chi connectivity index (χ2n) is 5.91. The molecule has 18 heavy (non-hydrogen) atoms. The summed E-state index contributed by atoms with van der Waals surface area (Å²) >= 11 is 0. The van der Waals surface area contributed by atoms with Crippen molar-refractivity contribution < 1.29 is 5.11 Å². The van der Waals surface area contributed by atoms with Crippen LogP contribution in [0.2, 0.25) is 0 Å². The first-order valence-corrected chi connectivity index (χ1v) is 7.43. The number of aliphatic hydroxyl groups is 1. The van der Waals surface area contributed by atoms with Crippen molar-refractivity contribution >= 4 is 0 Å². The lowest BCUT2D eigenvalue weighted by molar-refractivity contribution is 0.0907. The Balaban J connectivity index is 2.10. The van der Waals surface area contributed by atoms with Gasteiger partial charge in [0.2, 0.25) is 0 Å². The van der Waals surface area contributed by atoms with E-state index in [0.29, 0.717) is 5.92 Å². The van der Waals surface area contributed by atoms with Crippen LogP contribution in [0.3, 0.4) is 0 Å². The Bertz CT molecular complexity index is 375. The smallest absolute Gasteiger partial charge is 0.0820 e. The molecule has 0 saturated heterocycles. The van der Waals surface area contributed by atoms with Gasteiger partial charge in [0.25, 0.3) is 0 Å². The zero-order valence-electron chi connectivity index (χ0n) is 11.8. The Labute approximate surface area is 111 Å². The fraction of sp³-hybridized carbons (Fsp3) is 0.647. The average molecular weight is 246 g/mol. The van der Waals surface area contributed by atoms with Crippen LogP contribution in [0.1, 0.15) is 67.7 Å². The van der Waals surface area contributed by atoms with E-state index in [2.05, 4.69) is 32.0 Å². The van der Waals surface area contributed by atoms with E-state index in [1.807, 2.05) is 0 Å². The summed E-state index contributed by atoms with van der Waals surface area (Å²) < 4.78 is 0. The van der Waals surface area contributed by atoms with Crippen LogP contribution < -0.4 is 0 Å². The van der Waals surface area contributed by atoms with Crippen molar-refractivity contribution in [2.75, 3.05) is 0 Å². The molecule has 0 aliphatic heterocycles. The Morgan fingerprint density at radius 3 is 2.22 bits per heavy atom. The van der Waals surface area contributed by atoms with Crippen LogP contribution in [0.5, 0.6) is 0 Å². The number of aliphatic hydroxyl groups excluding tert-OH is 1. The van der Waals surface area contributed by atoms with Crippen LogP contribution in [0.4, 0.5) is 0 Å². The second-order valence-corrected chi connectivity index (χ2v) is 5.91. The largest absolute Gasteiger partial charge is 0.388 e. The highest BCUT2D eigenvalue weighted by Crippen LogP contribution is 2.34. The second kappa shape index (κ2) is 6.38. The molecule has 1 aromatic rings. The van der Waals surface area contributed by atoms with Gasteiger partial charge < -0.3 is 5.11 Å². The first kappa shape index (κ1) is 13.6. The predicted molar refractivity (Wildman–Crippen MR) is 76.7 cm³/mol. The first-order chi connectivity index (χ1) is 8.68. The number of hydrogen-bond donors (Lipinski definition) is 1. The van der Waals surface area contributed by atoms with E-state index in [1.54, 1.807) is 0 Å². The van der Waals surface area contributed by atoms with Gasteiger partial charge in [-0.15, -0.1) is 0 Å². The van der Waals surface area contributed by atoms with Crippen molar-refractivity contribution in [1.82, 2.24) is 0 Å². The van der Waals surface area contributed by atoms with Gasteiger partial charge in [-0.05, 0) is 43.7 Å². The van der Waals surface area contributed by atoms with Gasteiger partial charge in [0.1, 0.15) is 0 Å². The molecular formula is C17H26O. The molecule has 0 spiro atoms. The molecule has 1 unspecified atom stereocenters. The van der Waals surface area contributed by atoms with E-state index in [-0.39, 0.29) is 6.10 Å². The highest BCUT2D eigenvalue weighted by molar-refractivity contribution is 5.32. The monoisotopic (exact) mass is 246 g/mol. The molecule has 0 radical (unpaired) electrons. The molecular weight excluding hydrogens is 220 g/mol. The maximum atomic E-state index is 10.6. The maximum absolute atomic E-state index is 10.6. The van der Waals surface area contributed by atoms with Crippen LogP contribution in [0.15, 0.2) is 18.2 Å². The molecule has 0 heterocycles. The Morgan fingerprint density at radius 2 is 1.61 bits per heavy atom. The first-order valence-electron chi connectivity index (χ1n) is 7.43. The molecule has 0 aromatic heterocycles. The minimum absolute atomic E-state index is 0.260. The van der Waals surface area contributed by atoms with Gasteiger partial charge in [-0.2, -0.15) is 0 Å². The van der Waals surface area contributed by atoms with E-state index in [4.69, 9.17) is 0 Å². The van der Waals surface area contributed by atoms with E-state index >= 15 is 0 Å². The van der Waals surface area contributed by atoms with Crippen LogP contribution in [-0.2, 0) is 0 Å². The van der Waals surface area contributed by atoms with Crippen LogP contribution >= 0.6 is 0 Å². The maximum Gasteiger partial charge on any atom is 0.0820 e. The summed E-state index contributed by atoms with van der Waals surface area (Å²) in [6.45, 7) is 4.23. The number of aryl methyl sites for hydroxylation is 2. The van der Waals surface area contributed by atoms with Crippen molar-refractivity contribution in [2.45, 2.75) is 64.9 Å². The molecule has 1 nitrogen and oxygen atoms in total. The Hall–Kier alpha value is -0.820. The summed E-state index contributed by atoms with van der Waals surface area (Å²) in [5.41, 5.74) is 3.66. The predicted octanol–water partition coefficient (Wildman–Crippen LogP) is 4.70. The van der Waals surface area contributed by atoms with Gasteiger partial charge in [-0.25, -0.2) is 0 Å². The van der Waals surface area contributed by atoms with Gasteiger partial charge in [0.15, 0.2) is 0 Å². The fourth-order valence-corrected chi connectivity index (χ4v) is 3.21. The van der Waals surface area contributed by atoms with Crippen LogP contribution in [0, 0.1) is 19.8 Å². The fourth-order valence-electron chi connectivity index (χ4n) is 3.21. The van der Waals surface area contributed by atoms with Crippen LogP contribution in [-0.4, -0.2) is 5.11 Å². The van der Waals surface area contributed by atoms with Gasteiger partial charge in [-0.1, -0.05) is 55.9 Å². The molecule has 1 aromatic carbocycles. The summed E-state index contributed by atoms with van der Waals surface area (Å²) in [4.78, 5) is 0. The minimum Gasteiger partial charge on any atom is -0.388 e. The molecule has 2 rings (SSSR count). The molecule has 1 aliphatic carbocycles. The quantitative estimate of drug-likeness (QED) is 0.802. The van der Waals surface area contributed by atoms with Crippen molar-refractivity contribution in [2.24, 2.45) is 5.92 Å². The summed E-state index contributed by atoms with van der Waals surface area (Å²) in [5.74, 6) is 0.465. The summed E-state index contributed by atoms with van der Waals surface area (Å²) in [5, 5.41) is 10.6. The van der Waals surface area contributed by atoms with Crippen molar-refractivity contribution in [1.29, 1.82) is 0 Å². The van der Waals surface area contributed by atoms with Gasteiger partial charge >= 0.3 is 0 Å².